The maximum Gasteiger partial charge on any atom is 0.180 e. The number of hydrogen-bond acceptors (Lipinski definition) is 3. The largest absolute Gasteiger partial charge is 0.352 e. The summed E-state index contributed by atoms with van der Waals surface area (Å²) in [5.41, 5.74) is 1.88. The Hall–Kier alpha value is -1.59. The third kappa shape index (κ3) is 2.51. The monoisotopic (exact) mass is 350 g/mol. The summed E-state index contributed by atoms with van der Waals surface area (Å²) in [6.07, 6.45) is 5.54. The molecule has 4 nitrogen and oxygen atoms in total. The molecule has 0 fully saturated rings. The summed E-state index contributed by atoms with van der Waals surface area (Å²) < 4.78 is 2.71. The highest BCUT2D eigenvalue weighted by molar-refractivity contribution is 9.10. The second-order valence-corrected chi connectivity index (χ2v) is 5.71. The lowest BCUT2D eigenvalue weighted by Crippen LogP contribution is -2.19. The van der Waals surface area contributed by atoms with Crippen molar-refractivity contribution in [2.75, 3.05) is 11.9 Å². The molecule has 0 radical (unpaired) electrons. The summed E-state index contributed by atoms with van der Waals surface area (Å²) in [6.45, 7) is 0.672. The van der Waals surface area contributed by atoms with Crippen LogP contribution < -0.4 is 4.90 Å². The van der Waals surface area contributed by atoms with Crippen LogP contribution in [0.4, 0.5) is 5.82 Å². The van der Waals surface area contributed by atoms with Gasteiger partial charge in [0.2, 0.25) is 0 Å². The number of rotatable bonds is 3. The van der Waals surface area contributed by atoms with E-state index >= 15 is 0 Å². The maximum atomic E-state index is 6.21. The zero-order chi connectivity index (χ0) is 14.1. The summed E-state index contributed by atoms with van der Waals surface area (Å²) in [4.78, 5) is 10.9. The fourth-order valence-electron chi connectivity index (χ4n) is 2.10. The highest BCUT2D eigenvalue weighted by Crippen LogP contribution is 2.23. The van der Waals surface area contributed by atoms with Gasteiger partial charge in [-0.15, -0.1) is 0 Å². The Morgan fingerprint density at radius 2 is 2.15 bits per heavy atom. The maximum absolute atomic E-state index is 6.21. The van der Waals surface area contributed by atoms with Gasteiger partial charge in [0.05, 0.1) is 0 Å². The van der Waals surface area contributed by atoms with Crippen LogP contribution in [0.2, 0.25) is 5.02 Å². The van der Waals surface area contributed by atoms with Gasteiger partial charge in [-0.1, -0.05) is 29.8 Å². The molecule has 2 aromatic heterocycles. The van der Waals surface area contributed by atoms with Crippen LogP contribution in [0.25, 0.3) is 5.65 Å². The number of halogens is 2. The van der Waals surface area contributed by atoms with Crippen LogP contribution in [0.5, 0.6) is 0 Å². The number of hydrogen-bond donors (Lipinski definition) is 0. The quantitative estimate of drug-likeness (QED) is 0.720. The molecule has 6 heteroatoms. The van der Waals surface area contributed by atoms with Crippen molar-refractivity contribution in [2.45, 2.75) is 6.54 Å². The predicted molar refractivity (Wildman–Crippen MR) is 84.2 cm³/mol. The Morgan fingerprint density at radius 3 is 2.95 bits per heavy atom. The van der Waals surface area contributed by atoms with Crippen LogP contribution in [0.3, 0.4) is 0 Å². The van der Waals surface area contributed by atoms with Crippen LogP contribution in [0, 0.1) is 0 Å². The molecule has 0 N–H and O–H groups in total. The molecule has 0 spiro atoms. The van der Waals surface area contributed by atoms with Gasteiger partial charge >= 0.3 is 0 Å². The summed E-state index contributed by atoms with van der Waals surface area (Å²) in [6, 6.07) is 7.81. The van der Waals surface area contributed by atoms with Crippen molar-refractivity contribution >= 4 is 39.0 Å². The van der Waals surface area contributed by atoms with E-state index in [9.17, 15) is 0 Å². The lowest BCUT2D eigenvalue weighted by atomic mass is 10.2. The zero-order valence-electron chi connectivity index (χ0n) is 10.8. The molecule has 3 aromatic rings. The molecule has 3 rings (SSSR count). The SMILES string of the molecule is CN(Cc1ccccc1Cl)c1nc(Br)cn2ccnc12. The van der Waals surface area contributed by atoms with E-state index in [1.807, 2.05) is 53.0 Å². The molecule has 1 aromatic carbocycles. The van der Waals surface area contributed by atoms with E-state index in [0.717, 1.165) is 26.7 Å². The van der Waals surface area contributed by atoms with Crippen molar-refractivity contribution in [3.8, 4) is 0 Å². The van der Waals surface area contributed by atoms with Gasteiger partial charge in [-0.25, -0.2) is 9.97 Å². The van der Waals surface area contributed by atoms with E-state index < -0.39 is 0 Å². The van der Waals surface area contributed by atoms with Crippen LogP contribution in [-0.4, -0.2) is 21.4 Å². The van der Waals surface area contributed by atoms with Gasteiger partial charge in [0, 0.05) is 37.2 Å². The average molecular weight is 352 g/mol. The Balaban J connectivity index is 1.98. The number of imidazole rings is 1. The molecule has 0 bridgehead atoms. The number of benzene rings is 1. The van der Waals surface area contributed by atoms with Gasteiger partial charge < -0.3 is 9.30 Å². The predicted octanol–water partition coefficient (Wildman–Crippen LogP) is 3.78. The van der Waals surface area contributed by atoms with Crippen LogP contribution in [0.1, 0.15) is 5.56 Å². The first-order valence-corrected chi connectivity index (χ1v) is 7.26. The van der Waals surface area contributed by atoms with Crippen molar-refractivity contribution in [3.05, 3.63) is 58.0 Å². The van der Waals surface area contributed by atoms with Gasteiger partial charge in [-0.3, -0.25) is 0 Å². The first-order chi connectivity index (χ1) is 9.65. The van der Waals surface area contributed by atoms with E-state index in [4.69, 9.17) is 11.6 Å². The van der Waals surface area contributed by atoms with Crippen molar-refractivity contribution in [2.24, 2.45) is 0 Å². The third-order valence-electron chi connectivity index (χ3n) is 3.05. The molecule has 0 aliphatic rings. The van der Waals surface area contributed by atoms with Crippen LogP contribution >= 0.6 is 27.5 Å². The Kier molecular flexibility index (Phi) is 3.63. The minimum atomic E-state index is 0.672. The van der Waals surface area contributed by atoms with Crippen molar-refractivity contribution < 1.29 is 0 Å². The Bertz CT molecular complexity index is 756. The number of fused-ring (bicyclic) bond motifs is 1. The highest BCUT2D eigenvalue weighted by atomic mass is 79.9. The molecule has 20 heavy (non-hydrogen) atoms. The van der Waals surface area contributed by atoms with Crippen molar-refractivity contribution in [3.63, 3.8) is 0 Å². The molecule has 0 unspecified atom stereocenters. The zero-order valence-corrected chi connectivity index (χ0v) is 13.1. The molecule has 102 valence electrons. The van der Waals surface area contributed by atoms with Gasteiger partial charge in [0.1, 0.15) is 4.60 Å². The summed E-state index contributed by atoms with van der Waals surface area (Å²) in [7, 11) is 1.98. The minimum Gasteiger partial charge on any atom is -0.352 e. The Labute approximate surface area is 130 Å². The van der Waals surface area contributed by atoms with Gasteiger partial charge in [0.15, 0.2) is 11.5 Å². The molecular weight excluding hydrogens is 340 g/mol. The molecular formula is C14H12BrClN4. The van der Waals surface area contributed by atoms with E-state index in [-0.39, 0.29) is 0 Å². The minimum absolute atomic E-state index is 0.672. The van der Waals surface area contributed by atoms with Gasteiger partial charge in [-0.05, 0) is 27.6 Å². The summed E-state index contributed by atoms with van der Waals surface area (Å²) in [5.74, 6) is 0.810. The topological polar surface area (TPSA) is 33.4 Å². The molecule has 2 heterocycles. The van der Waals surface area contributed by atoms with Crippen molar-refractivity contribution in [1.82, 2.24) is 14.4 Å². The van der Waals surface area contributed by atoms with E-state index in [1.165, 1.54) is 0 Å². The van der Waals surface area contributed by atoms with E-state index in [0.29, 0.717) is 6.54 Å². The molecule has 0 amide bonds. The highest BCUT2D eigenvalue weighted by Gasteiger charge is 2.12. The number of aromatic nitrogens is 3. The van der Waals surface area contributed by atoms with E-state index in [2.05, 4.69) is 25.9 Å². The first-order valence-electron chi connectivity index (χ1n) is 6.09. The smallest absolute Gasteiger partial charge is 0.180 e. The molecule has 0 saturated carbocycles. The summed E-state index contributed by atoms with van der Waals surface area (Å²) >= 11 is 9.63. The third-order valence-corrected chi connectivity index (χ3v) is 3.80. The van der Waals surface area contributed by atoms with Crippen LogP contribution in [0.15, 0.2) is 47.5 Å². The fraction of sp³-hybridized carbons (Fsp3) is 0.143. The van der Waals surface area contributed by atoms with Gasteiger partial charge in [0.25, 0.3) is 0 Å². The van der Waals surface area contributed by atoms with Gasteiger partial charge in [-0.2, -0.15) is 0 Å². The molecule has 0 atom stereocenters. The van der Waals surface area contributed by atoms with Crippen molar-refractivity contribution in [1.29, 1.82) is 0 Å². The summed E-state index contributed by atoms with van der Waals surface area (Å²) in [5, 5.41) is 0.758. The second kappa shape index (κ2) is 5.42. The van der Waals surface area contributed by atoms with E-state index in [1.54, 1.807) is 6.20 Å². The standard InChI is InChI=1S/C14H12BrClN4/c1-19(8-10-4-2-3-5-11(10)16)14-13-17-6-7-20(13)9-12(15)18-14/h2-7,9H,8H2,1H3. The normalized spacial score (nSPS) is 10.9. The molecule has 0 aliphatic heterocycles. The second-order valence-electron chi connectivity index (χ2n) is 4.49. The Morgan fingerprint density at radius 1 is 1.35 bits per heavy atom. The first kappa shape index (κ1) is 13.4. The lowest BCUT2D eigenvalue weighted by molar-refractivity contribution is 0.888. The molecule has 0 saturated heterocycles. The fourth-order valence-corrected chi connectivity index (χ4v) is 2.68. The lowest BCUT2D eigenvalue weighted by Gasteiger charge is -2.19. The molecule has 0 aliphatic carbocycles. The van der Waals surface area contributed by atoms with Crippen LogP contribution in [-0.2, 0) is 6.54 Å². The average Bonchev–Trinajstić information content (AvgIpc) is 2.88. The number of nitrogens with zero attached hydrogens (tertiary/aromatic N) is 4. The number of anilines is 1.